The highest BCUT2D eigenvalue weighted by molar-refractivity contribution is 5.85. The Kier molecular flexibility index (Phi) is 3.34. The van der Waals surface area contributed by atoms with Crippen molar-refractivity contribution >= 4 is 18.3 Å². The molecule has 1 amide bonds. The van der Waals surface area contributed by atoms with E-state index in [1.165, 1.54) is 0 Å². The van der Waals surface area contributed by atoms with Crippen molar-refractivity contribution < 1.29 is 18.0 Å². The van der Waals surface area contributed by atoms with Gasteiger partial charge in [-0.1, -0.05) is 0 Å². The largest absolute Gasteiger partial charge is 0.471 e. The molecular formula is C5H8ClF3N2O. The van der Waals surface area contributed by atoms with Crippen molar-refractivity contribution in [3.63, 3.8) is 0 Å². The predicted octanol–water partition coefficient (Wildman–Crippen LogP) is 0.140. The number of rotatable bonds is 0. The van der Waals surface area contributed by atoms with Gasteiger partial charge in [0.2, 0.25) is 0 Å². The van der Waals surface area contributed by atoms with Gasteiger partial charge in [-0.15, -0.1) is 12.4 Å². The number of nitrogens with zero attached hydrogens (tertiary/aromatic N) is 1. The number of hydrogen-bond donors (Lipinski definition) is 1. The Bertz CT molecular complexity index is 178. The molecule has 0 saturated carbocycles. The first-order valence-corrected chi connectivity index (χ1v) is 3.03. The lowest BCUT2D eigenvalue weighted by atomic mass is 10.1. The SMILES string of the molecule is Cl.NC1CN(C(=O)C(F)(F)F)C1. The molecule has 1 saturated heterocycles. The highest BCUT2D eigenvalue weighted by atomic mass is 35.5. The first-order valence-electron chi connectivity index (χ1n) is 3.03. The number of likely N-dealkylation sites (tertiary alicyclic amines) is 1. The van der Waals surface area contributed by atoms with Gasteiger partial charge in [0.25, 0.3) is 0 Å². The zero-order valence-corrected chi connectivity index (χ0v) is 6.78. The maximum atomic E-state index is 11.6. The van der Waals surface area contributed by atoms with Crippen LogP contribution >= 0.6 is 12.4 Å². The molecule has 0 aromatic heterocycles. The van der Waals surface area contributed by atoms with Gasteiger partial charge in [-0.25, -0.2) is 0 Å². The van der Waals surface area contributed by atoms with Gasteiger partial charge in [-0.2, -0.15) is 13.2 Å². The predicted molar refractivity (Wildman–Crippen MR) is 37.9 cm³/mol. The minimum Gasteiger partial charge on any atom is -0.332 e. The third-order valence-electron chi connectivity index (χ3n) is 1.44. The van der Waals surface area contributed by atoms with Gasteiger partial charge in [0.15, 0.2) is 0 Å². The van der Waals surface area contributed by atoms with E-state index in [4.69, 9.17) is 5.73 Å². The highest BCUT2D eigenvalue weighted by Gasteiger charge is 2.45. The maximum absolute atomic E-state index is 11.6. The van der Waals surface area contributed by atoms with E-state index in [1.54, 1.807) is 0 Å². The van der Waals surface area contributed by atoms with Crippen molar-refractivity contribution in [1.29, 1.82) is 0 Å². The van der Waals surface area contributed by atoms with E-state index in [1.807, 2.05) is 0 Å². The second-order valence-corrected chi connectivity index (χ2v) is 2.47. The molecule has 7 heteroatoms. The van der Waals surface area contributed by atoms with Crippen LogP contribution in [0.5, 0.6) is 0 Å². The van der Waals surface area contributed by atoms with Crippen LogP contribution < -0.4 is 5.73 Å². The highest BCUT2D eigenvalue weighted by Crippen LogP contribution is 2.21. The minimum atomic E-state index is -4.75. The summed E-state index contributed by atoms with van der Waals surface area (Å²) >= 11 is 0. The Morgan fingerprint density at radius 3 is 2.08 bits per heavy atom. The van der Waals surface area contributed by atoms with E-state index in [0.29, 0.717) is 4.90 Å². The van der Waals surface area contributed by atoms with Crippen LogP contribution in [0.2, 0.25) is 0 Å². The van der Waals surface area contributed by atoms with Gasteiger partial charge >= 0.3 is 12.1 Å². The van der Waals surface area contributed by atoms with E-state index < -0.39 is 12.1 Å². The molecule has 0 spiro atoms. The van der Waals surface area contributed by atoms with Gasteiger partial charge < -0.3 is 10.6 Å². The lowest BCUT2D eigenvalue weighted by Crippen LogP contribution is -2.60. The fourth-order valence-electron chi connectivity index (χ4n) is 0.858. The van der Waals surface area contributed by atoms with Crippen LogP contribution in [-0.2, 0) is 4.79 Å². The third kappa shape index (κ3) is 2.25. The zero-order chi connectivity index (χ0) is 8.65. The normalized spacial score (nSPS) is 18.2. The first kappa shape index (κ1) is 11.5. The molecule has 0 bridgehead atoms. The molecule has 1 heterocycles. The maximum Gasteiger partial charge on any atom is 0.471 e. The van der Waals surface area contributed by atoms with Gasteiger partial charge in [-0.05, 0) is 0 Å². The lowest BCUT2D eigenvalue weighted by Gasteiger charge is -2.36. The van der Waals surface area contributed by atoms with E-state index in [2.05, 4.69) is 0 Å². The smallest absolute Gasteiger partial charge is 0.332 e. The summed E-state index contributed by atoms with van der Waals surface area (Å²) < 4.78 is 34.8. The first-order chi connectivity index (χ1) is 4.91. The van der Waals surface area contributed by atoms with E-state index in [0.717, 1.165) is 0 Å². The average molecular weight is 205 g/mol. The van der Waals surface area contributed by atoms with Gasteiger partial charge in [0, 0.05) is 19.1 Å². The van der Waals surface area contributed by atoms with Crippen molar-refractivity contribution in [2.45, 2.75) is 12.2 Å². The van der Waals surface area contributed by atoms with Gasteiger partial charge in [-0.3, -0.25) is 4.79 Å². The van der Waals surface area contributed by atoms with E-state index in [9.17, 15) is 18.0 Å². The summed E-state index contributed by atoms with van der Waals surface area (Å²) in [6, 6.07) is -0.290. The summed E-state index contributed by atoms with van der Waals surface area (Å²) in [6.07, 6.45) is -4.75. The van der Waals surface area contributed by atoms with Crippen LogP contribution in [0.15, 0.2) is 0 Å². The second kappa shape index (κ2) is 3.49. The van der Waals surface area contributed by atoms with Crippen molar-refractivity contribution in [3.05, 3.63) is 0 Å². The number of halogens is 4. The van der Waals surface area contributed by atoms with Crippen molar-refractivity contribution in [1.82, 2.24) is 4.90 Å². The fraction of sp³-hybridized carbons (Fsp3) is 0.800. The molecule has 1 rings (SSSR count). The zero-order valence-electron chi connectivity index (χ0n) is 5.97. The number of carbonyl (C=O) groups is 1. The summed E-state index contributed by atoms with van der Waals surface area (Å²) in [5.74, 6) is -1.79. The summed E-state index contributed by atoms with van der Waals surface area (Å²) in [5.41, 5.74) is 5.19. The van der Waals surface area contributed by atoms with Crippen molar-refractivity contribution in [3.8, 4) is 0 Å². The third-order valence-corrected chi connectivity index (χ3v) is 1.44. The minimum absolute atomic E-state index is 0. The number of hydrogen-bond acceptors (Lipinski definition) is 2. The Balaban J connectivity index is 0.00000121. The van der Waals surface area contributed by atoms with Crippen LogP contribution in [0, 0.1) is 0 Å². The van der Waals surface area contributed by atoms with E-state index >= 15 is 0 Å². The molecule has 1 fully saturated rings. The van der Waals surface area contributed by atoms with Crippen LogP contribution in [0.1, 0.15) is 0 Å². The van der Waals surface area contributed by atoms with Crippen LogP contribution in [0.25, 0.3) is 0 Å². The Labute approximate surface area is 73.1 Å². The second-order valence-electron chi connectivity index (χ2n) is 2.47. The topological polar surface area (TPSA) is 46.3 Å². The molecule has 12 heavy (non-hydrogen) atoms. The molecule has 0 radical (unpaired) electrons. The number of nitrogens with two attached hydrogens (primary N) is 1. The molecule has 3 nitrogen and oxygen atoms in total. The standard InChI is InChI=1S/C5H7F3N2O.ClH/c6-5(7,8)4(11)10-1-3(9)2-10;/h3H,1-2,9H2;1H. The van der Waals surface area contributed by atoms with Crippen molar-refractivity contribution in [2.75, 3.05) is 13.1 Å². The van der Waals surface area contributed by atoms with Crippen LogP contribution in [0.4, 0.5) is 13.2 Å². The molecule has 1 aliphatic heterocycles. The molecule has 2 N–H and O–H groups in total. The summed E-state index contributed by atoms with van der Waals surface area (Å²) in [7, 11) is 0. The molecule has 0 aromatic rings. The molecule has 0 aliphatic carbocycles. The average Bonchev–Trinajstić information content (AvgIpc) is 1.77. The molecule has 0 atom stereocenters. The van der Waals surface area contributed by atoms with E-state index in [-0.39, 0.29) is 31.5 Å². The quantitative estimate of drug-likeness (QED) is 0.610. The van der Waals surface area contributed by atoms with Crippen LogP contribution in [-0.4, -0.2) is 36.1 Å². The lowest BCUT2D eigenvalue weighted by molar-refractivity contribution is -0.189. The number of amides is 1. The fourth-order valence-corrected chi connectivity index (χ4v) is 0.858. The monoisotopic (exact) mass is 204 g/mol. The Morgan fingerprint density at radius 1 is 1.42 bits per heavy atom. The van der Waals surface area contributed by atoms with Crippen LogP contribution in [0.3, 0.4) is 0 Å². The Hall–Kier alpha value is -0.490. The molecule has 0 aromatic carbocycles. The number of alkyl halides is 3. The molecule has 1 aliphatic rings. The summed E-state index contributed by atoms with van der Waals surface area (Å²) in [6.45, 7) is 0.0245. The van der Waals surface area contributed by atoms with Crippen molar-refractivity contribution in [2.24, 2.45) is 5.73 Å². The van der Waals surface area contributed by atoms with Gasteiger partial charge in [0.1, 0.15) is 0 Å². The molecule has 0 unspecified atom stereocenters. The van der Waals surface area contributed by atoms with Gasteiger partial charge in [0.05, 0.1) is 0 Å². The molecule has 72 valence electrons. The summed E-state index contributed by atoms with van der Waals surface area (Å²) in [5, 5.41) is 0. The Morgan fingerprint density at radius 2 is 1.83 bits per heavy atom. The summed E-state index contributed by atoms with van der Waals surface area (Å²) in [4.78, 5) is 11.0. The molecular weight excluding hydrogens is 197 g/mol. The number of carbonyl (C=O) groups excluding carboxylic acids is 1.